The SMILES string of the molecule is C[C@H](NC(=O)CCOCCOCCOCCN=[N+]=[N-])C(=O)N[C@@H](C)C(=O)Nc1ccc(CO)cc1. The summed E-state index contributed by atoms with van der Waals surface area (Å²) < 4.78 is 15.8. The number of aliphatic hydroxyl groups excluding tert-OH is 1. The van der Waals surface area contributed by atoms with Crippen LogP contribution in [0.1, 0.15) is 25.8 Å². The van der Waals surface area contributed by atoms with E-state index in [2.05, 4.69) is 26.0 Å². The third-order valence-corrected chi connectivity index (χ3v) is 4.54. The third kappa shape index (κ3) is 13.9. The molecule has 0 aliphatic rings. The van der Waals surface area contributed by atoms with Gasteiger partial charge in [-0.25, -0.2) is 0 Å². The van der Waals surface area contributed by atoms with Crippen LogP contribution in [0.2, 0.25) is 0 Å². The second-order valence-corrected chi connectivity index (χ2v) is 7.41. The topological polar surface area (TPSA) is 184 Å². The molecule has 13 heteroatoms. The highest BCUT2D eigenvalue weighted by Crippen LogP contribution is 2.09. The molecule has 13 nitrogen and oxygen atoms in total. The lowest BCUT2D eigenvalue weighted by Gasteiger charge is -2.18. The van der Waals surface area contributed by atoms with E-state index < -0.39 is 23.9 Å². The van der Waals surface area contributed by atoms with Crippen LogP contribution in [0.25, 0.3) is 10.4 Å². The normalized spacial score (nSPS) is 12.2. The Labute approximate surface area is 204 Å². The number of aliphatic hydroxyl groups is 1. The molecular weight excluding hydrogens is 460 g/mol. The van der Waals surface area contributed by atoms with Crippen LogP contribution in [0.4, 0.5) is 5.69 Å². The number of anilines is 1. The number of hydrogen-bond acceptors (Lipinski definition) is 8. The number of nitrogens with zero attached hydrogens (tertiary/aromatic N) is 3. The van der Waals surface area contributed by atoms with Gasteiger partial charge in [0.25, 0.3) is 0 Å². The van der Waals surface area contributed by atoms with Crippen molar-refractivity contribution in [2.24, 2.45) is 5.11 Å². The van der Waals surface area contributed by atoms with Crippen LogP contribution in [0.5, 0.6) is 0 Å². The Balaban J connectivity index is 2.14. The van der Waals surface area contributed by atoms with Crippen molar-refractivity contribution in [2.45, 2.75) is 39.0 Å². The molecule has 194 valence electrons. The van der Waals surface area contributed by atoms with Crippen molar-refractivity contribution >= 4 is 23.4 Å². The molecule has 0 unspecified atom stereocenters. The minimum absolute atomic E-state index is 0.0695. The van der Waals surface area contributed by atoms with Crippen LogP contribution in [-0.2, 0) is 35.2 Å². The van der Waals surface area contributed by atoms with Crippen molar-refractivity contribution in [3.05, 3.63) is 40.3 Å². The van der Waals surface area contributed by atoms with E-state index in [1.807, 2.05) is 0 Å². The van der Waals surface area contributed by atoms with E-state index in [0.29, 0.717) is 38.7 Å². The van der Waals surface area contributed by atoms with Gasteiger partial charge in [0.15, 0.2) is 0 Å². The number of carbonyl (C=O) groups is 3. The smallest absolute Gasteiger partial charge is 0.246 e. The standard InChI is InChI=1S/C22H34N6O7/c1-16(21(31)26-17(2)22(32)27-19-5-3-18(15-29)4-6-19)25-20(30)7-9-33-11-13-35-14-12-34-10-8-24-28-23/h3-6,16-17,29H,7-15H2,1-2H3,(H,25,30)(H,26,31)(H,27,32)/t16-,17-/m0/s1. The maximum absolute atomic E-state index is 12.3. The molecule has 4 N–H and O–H groups in total. The highest BCUT2D eigenvalue weighted by Gasteiger charge is 2.21. The molecule has 0 bridgehead atoms. The summed E-state index contributed by atoms with van der Waals surface area (Å²) in [6, 6.07) is 5.02. The third-order valence-electron chi connectivity index (χ3n) is 4.54. The minimum atomic E-state index is -0.830. The van der Waals surface area contributed by atoms with Gasteiger partial charge in [-0.1, -0.05) is 17.2 Å². The molecule has 0 heterocycles. The van der Waals surface area contributed by atoms with Crippen LogP contribution in [-0.4, -0.2) is 81.1 Å². The average Bonchev–Trinajstić information content (AvgIpc) is 2.85. The summed E-state index contributed by atoms with van der Waals surface area (Å²) in [5.74, 6) is -1.26. The summed E-state index contributed by atoms with van der Waals surface area (Å²) in [6.45, 7) is 5.14. The van der Waals surface area contributed by atoms with Gasteiger partial charge in [0.05, 0.1) is 46.2 Å². The van der Waals surface area contributed by atoms with Crippen molar-refractivity contribution in [1.82, 2.24) is 10.6 Å². The Kier molecular flexibility index (Phi) is 15.5. The van der Waals surface area contributed by atoms with Gasteiger partial charge in [-0.15, -0.1) is 0 Å². The molecule has 35 heavy (non-hydrogen) atoms. The highest BCUT2D eigenvalue weighted by atomic mass is 16.5. The van der Waals surface area contributed by atoms with Gasteiger partial charge >= 0.3 is 0 Å². The fraction of sp³-hybridized carbons (Fsp3) is 0.591. The van der Waals surface area contributed by atoms with Gasteiger partial charge in [0, 0.05) is 23.6 Å². The quantitative estimate of drug-likeness (QED) is 0.101. The molecule has 1 rings (SSSR count). The Morgan fingerprint density at radius 1 is 0.914 bits per heavy atom. The largest absolute Gasteiger partial charge is 0.392 e. The number of rotatable bonds is 18. The summed E-state index contributed by atoms with van der Waals surface area (Å²) in [7, 11) is 0. The van der Waals surface area contributed by atoms with Crippen molar-refractivity contribution in [3.63, 3.8) is 0 Å². The maximum atomic E-state index is 12.3. The lowest BCUT2D eigenvalue weighted by atomic mass is 10.2. The molecule has 2 atom stereocenters. The zero-order valence-corrected chi connectivity index (χ0v) is 20.1. The molecule has 0 aliphatic carbocycles. The Morgan fingerprint density at radius 3 is 2.09 bits per heavy atom. The van der Waals surface area contributed by atoms with Crippen LogP contribution in [0, 0.1) is 0 Å². The predicted molar refractivity (Wildman–Crippen MR) is 127 cm³/mol. The number of ether oxygens (including phenoxy) is 3. The van der Waals surface area contributed by atoms with Gasteiger partial charge in [-0.3, -0.25) is 14.4 Å². The molecule has 0 saturated carbocycles. The second-order valence-electron chi connectivity index (χ2n) is 7.41. The molecule has 0 saturated heterocycles. The Morgan fingerprint density at radius 2 is 1.49 bits per heavy atom. The van der Waals surface area contributed by atoms with Crippen LogP contribution in [0.3, 0.4) is 0 Å². The Hall–Kier alpha value is -3.22. The number of hydrogen-bond donors (Lipinski definition) is 4. The van der Waals surface area contributed by atoms with Crippen LogP contribution >= 0.6 is 0 Å². The summed E-state index contributed by atoms with van der Waals surface area (Å²) in [6.07, 6.45) is 0.0695. The van der Waals surface area contributed by atoms with Gasteiger partial charge < -0.3 is 35.3 Å². The fourth-order valence-corrected chi connectivity index (χ4v) is 2.58. The van der Waals surface area contributed by atoms with Crippen molar-refractivity contribution in [1.29, 1.82) is 0 Å². The van der Waals surface area contributed by atoms with Gasteiger partial charge in [-0.05, 0) is 37.1 Å². The number of amides is 3. The van der Waals surface area contributed by atoms with Crippen molar-refractivity contribution in [3.8, 4) is 0 Å². The molecule has 0 spiro atoms. The first-order valence-corrected chi connectivity index (χ1v) is 11.2. The molecule has 0 aliphatic heterocycles. The Bertz CT molecular complexity index is 830. The van der Waals surface area contributed by atoms with Crippen LogP contribution in [0.15, 0.2) is 29.4 Å². The van der Waals surface area contributed by atoms with Crippen molar-refractivity contribution in [2.75, 3.05) is 51.5 Å². The molecular formula is C22H34N6O7. The van der Waals surface area contributed by atoms with E-state index in [9.17, 15) is 14.4 Å². The van der Waals surface area contributed by atoms with E-state index in [1.54, 1.807) is 24.3 Å². The van der Waals surface area contributed by atoms with Gasteiger partial charge in [-0.2, -0.15) is 0 Å². The number of benzene rings is 1. The van der Waals surface area contributed by atoms with E-state index in [0.717, 1.165) is 5.56 Å². The number of azide groups is 1. The van der Waals surface area contributed by atoms with E-state index in [1.165, 1.54) is 13.8 Å². The first-order chi connectivity index (χ1) is 16.9. The van der Waals surface area contributed by atoms with E-state index in [-0.39, 0.29) is 32.1 Å². The van der Waals surface area contributed by atoms with E-state index >= 15 is 0 Å². The monoisotopic (exact) mass is 494 g/mol. The van der Waals surface area contributed by atoms with Gasteiger partial charge in [0.1, 0.15) is 12.1 Å². The van der Waals surface area contributed by atoms with Gasteiger partial charge in [0.2, 0.25) is 17.7 Å². The average molecular weight is 495 g/mol. The number of carbonyl (C=O) groups excluding carboxylic acids is 3. The summed E-state index contributed by atoms with van der Waals surface area (Å²) in [5.41, 5.74) is 9.37. The summed E-state index contributed by atoms with van der Waals surface area (Å²) >= 11 is 0. The predicted octanol–water partition coefficient (Wildman–Crippen LogP) is 0.877. The lowest BCUT2D eigenvalue weighted by Crippen LogP contribution is -2.50. The fourth-order valence-electron chi connectivity index (χ4n) is 2.58. The van der Waals surface area contributed by atoms with Crippen molar-refractivity contribution < 1.29 is 33.7 Å². The first kappa shape index (κ1) is 29.8. The molecule has 1 aromatic rings. The maximum Gasteiger partial charge on any atom is 0.246 e. The zero-order chi connectivity index (χ0) is 25.9. The molecule has 0 radical (unpaired) electrons. The minimum Gasteiger partial charge on any atom is -0.392 e. The molecule has 3 amide bonds. The van der Waals surface area contributed by atoms with Crippen LogP contribution < -0.4 is 16.0 Å². The highest BCUT2D eigenvalue weighted by molar-refractivity contribution is 5.98. The summed E-state index contributed by atoms with van der Waals surface area (Å²) in [5, 5.41) is 20.2. The lowest BCUT2D eigenvalue weighted by molar-refractivity contribution is -0.130. The number of nitrogens with one attached hydrogen (secondary N) is 3. The molecule has 0 fully saturated rings. The molecule has 0 aromatic heterocycles. The second kappa shape index (κ2) is 18.2. The zero-order valence-electron chi connectivity index (χ0n) is 20.1. The first-order valence-electron chi connectivity index (χ1n) is 11.2. The summed E-state index contributed by atoms with van der Waals surface area (Å²) in [4.78, 5) is 39.2. The van der Waals surface area contributed by atoms with E-state index in [4.69, 9.17) is 24.8 Å². The molecule has 1 aromatic carbocycles.